The number of piperidine rings is 1. The first-order valence-corrected chi connectivity index (χ1v) is 7.23. The molecular weight excluding hydrogens is 254 g/mol. The van der Waals surface area contributed by atoms with E-state index in [1.807, 2.05) is 13.0 Å². The number of rotatable bonds is 5. The quantitative estimate of drug-likeness (QED) is 0.664. The van der Waals surface area contributed by atoms with Crippen LogP contribution in [0, 0.1) is 23.0 Å². The van der Waals surface area contributed by atoms with Crippen LogP contribution in [0.1, 0.15) is 24.8 Å². The van der Waals surface area contributed by atoms with Gasteiger partial charge in [0.05, 0.1) is 4.92 Å². The number of non-ortho nitro benzene ring substituents is 1. The van der Waals surface area contributed by atoms with Gasteiger partial charge in [-0.25, -0.2) is 0 Å². The lowest BCUT2D eigenvalue weighted by Gasteiger charge is -2.29. The maximum atomic E-state index is 10.8. The molecule has 5 nitrogen and oxygen atoms in total. The van der Waals surface area contributed by atoms with Crippen LogP contribution in [0.15, 0.2) is 18.2 Å². The van der Waals surface area contributed by atoms with Crippen LogP contribution < -0.4 is 5.32 Å². The van der Waals surface area contributed by atoms with Gasteiger partial charge in [0.25, 0.3) is 5.69 Å². The van der Waals surface area contributed by atoms with Crippen molar-refractivity contribution in [2.45, 2.75) is 26.2 Å². The smallest absolute Gasteiger partial charge is 0.271 e. The normalized spacial score (nSPS) is 17.1. The van der Waals surface area contributed by atoms with Crippen molar-refractivity contribution in [3.8, 4) is 0 Å². The zero-order valence-corrected chi connectivity index (χ0v) is 12.3. The first-order valence-electron chi connectivity index (χ1n) is 7.23. The molecule has 0 saturated carbocycles. The largest absolute Gasteiger partial charge is 0.385 e. The highest BCUT2D eigenvalue weighted by atomic mass is 16.6. The van der Waals surface area contributed by atoms with Crippen molar-refractivity contribution < 1.29 is 4.92 Å². The van der Waals surface area contributed by atoms with Crippen LogP contribution in [-0.2, 0) is 0 Å². The number of hydrogen-bond acceptors (Lipinski definition) is 4. The van der Waals surface area contributed by atoms with Crippen molar-refractivity contribution >= 4 is 11.4 Å². The van der Waals surface area contributed by atoms with Gasteiger partial charge in [-0.3, -0.25) is 10.1 Å². The van der Waals surface area contributed by atoms with Crippen LogP contribution in [0.3, 0.4) is 0 Å². The third-order valence-electron chi connectivity index (χ3n) is 3.99. The molecule has 5 heteroatoms. The number of benzene rings is 1. The summed E-state index contributed by atoms with van der Waals surface area (Å²) in [6, 6.07) is 5.17. The fourth-order valence-electron chi connectivity index (χ4n) is 2.74. The van der Waals surface area contributed by atoms with Crippen LogP contribution in [0.2, 0.25) is 0 Å². The van der Waals surface area contributed by atoms with E-state index in [1.165, 1.54) is 25.9 Å². The Labute approximate surface area is 120 Å². The van der Waals surface area contributed by atoms with Crippen molar-refractivity contribution in [2.75, 3.05) is 32.0 Å². The van der Waals surface area contributed by atoms with Crippen LogP contribution in [-0.4, -0.2) is 36.5 Å². The Kier molecular flexibility index (Phi) is 4.95. The number of nitro benzene ring substituents is 1. The van der Waals surface area contributed by atoms with Gasteiger partial charge in [0.2, 0.25) is 0 Å². The third kappa shape index (κ3) is 4.20. The van der Waals surface area contributed by atoms with E-state index in [9.17, 15) is 10.1 Å². The Hall–Kier alpha value is -1.62. The lowest BCUT2D eigenvalue weighted by Crippen LogP contribution is -2.30. The molecule has 0 aliphatic carbocycles. The summed E-state index contributed by atoms with van der Waals surface area (Å²) in [5.74, 6) is 0.776. The third-order valence-corrected chi connectivity index (χ3v) is 3.99. The molecule has 0 amide bonds. The second-order valence-corrected chi connectivity index (χ2v) is 5.78. The number of likely N-dealkylation sites (tertiary alicyclic amines) is 1. The van der Waals surface area contributed by atoms with Crippen LogP contribution in [0.5, 0.6) is 0 Å². The summed E-state index contributed by atoms with van der Waals surface area (Å²) in [5, 5.41) is 14.2. The molecule has 0 unspecified atom stereocenters. The van der Waals surface area contributed by atoms with E-state index >= 15 is 0 Å². The molecular formula is C15H23N3O2. The Balaban J connectivity index is 1.83. The summed E-state index contributed by atoms with van der Waals surface area (Å²) in [7, 11) is 2.17. The summed E-state index contributed by atoms with van der Waals surface area (Å²) in [4.78, 5) is 12.9. The summed E-state index contributed by atoms with van der Waals surface area (Å²) < 4.78 is 0. The maximum Gasteiger partial charge on any atom is 0.271 e. The standard InChI is InChI=1S/C15H23N3O2/c1-12-9-14(11-15(10-12)18(19)20)16-6-3-13-4-7-17(2)8-5-13/h9-11,13,16H,3-8H2,1-2H3. The van der Waals surface area contributed by atoms with Crippen LogP contribution in [0.25, 0.3) is 0 Å². The molecule has 0 bridgehead atoms. The van der Waals surface area contributed by atoms with Crippen molar-refractivity contribution in [3.63, 3.8) is 0 Å². The monoisotopic (exact) mass is 277 g/mol. The fourth-order valence-corrected chi connectivity index (χ4v) is 2.74. The van der Waals surface area contributed by atoms with Gasteiger partial charge >= 0.3 is 0 Å². The molecule has 1 N–H and O–H groups in total. The molecule has 0 atom stereocenters. The van der Waals surface area contributed by atoms with E-state index < -0.39 is 0 Å². The highest BCUT2D eigenvalue weighted by Gasteiger charge is 2.16. The molecule has 1 heterocycles. The predicted molar refractivity (Wildman–Crippen MR) is 81.2 cm³/mol. The van der Waals surface area contributed by atoms with E-state index in [0.717, 1.165) is 30.1 Å². The Morgan fingerprint density at radius 2 is 2.05 bits per heavy atom. The molecule has 1 aliphatic rings. The SMILES string of the molecule is Cc1cc(NCCC2CCN(C)CC2)cc([N+](=O)[O-])c1. The number of anilines is 1. The van der Waals surface area contributed by atoms with Gasteiger partial charge < -0.3 is 10.2 Å². The summed E-state index contributed by atoms with van der Waals surface area (Å²) in [6.45, 7) is 5.13. The molecule has 2 rings (SSSR count). The molecule has 0 spiro atoms. The predicted octanol–water partition coefficient (Wildman–Crippen LogP) is 3.05. The topological polar surface area (TPSA) is 58.4 Å². The number of nitrogens with zero attached hydrogens (tertiary/aromatic N) is 2. The molecule has 20 heavy (non-hydrogen) atoms. The van der Waals surface area contributed by atoms with E-state index in [-0.39, 0.29) is 10.6 Å². The highest BCUT2D eigenvalue weighted by Crippen LogP contribution is 2.22. The zero-order chi connectivity index (χ0) is 14.5. The summed E-state index contributed by atoms with van der Waals surface area (Å²) in [6.07, 6.45) is 3.65. The van der Waals surface area contributed by atoms with Crippen LogP contribution >= 0.6 is 0 Å². The van der Waals surface area contributed by atoms with E-state index in [0.29, 0.717) is 0 Å². The summed E-state index contributed by atoms with van der Waals surface area (Å²) in [5.41, 5.74) is 1.93. The number of hydrogen-bond donors (Lipinski definition) is 1. The molecule has 110 valence electrons. The van der Waals surface area contributed by atoms with E-state index in [2.05, 4.69) is 17.3 Å². The van der Waals surface area contributed by atoms with Crippen molar-refractivity contribution in [1.29, 1.82) is 0 Å². The fraction of sp³-hybridized carbons (Fsp3) is 0.600. The number of nitro groups is 1. The van der Waals surface area contributed by atoms with E-state index in [4.69, 9.17) is 0 Å². The van der Waals surface area contributed by atoms with Gasteiger partial charge in [-0.05, 0) is 63.9 Å². The first kappa shape index (κ1) is 14.8. The highest BCUT2D eigenvalue weighted by molar-refractivity contribution is 5.53. The van der Waals surface area contributed by atoms with Gasteiger partial charge in [-0.15, -0.1) is 0 Å². The van der Waals surface area contributed by atoms with Gasteiger partial charge in [0, 0.05) is 24.4 Å². The van der Waals surface area contributed by atoms with Gasteiger partial charge in [-0.1, -0.05) is 0 Å². The minimum atomic E-state index is -0.338. The lowest BCUT2D eigenvalue weighted by atomic mass is 9.94. The zero-order valence-electron chi connectivity index (χ0n) is 12.3. The van der Waals surface area contributed by atoms with Crippen molar-refractivity contribution in [1.82, 2.24) is 4.90 Å². The molecule has 1 saturated heterocycles. The molecule has 1 aromatic rings. The molecule has 1 aromatic carbocycles. The number of aryl methyl sites for hydroxylation is 1. The van der Waals surface area contributed by atoms with Crippen molar-refractivity contribution in [2.24, 2.45) is 5.92 Å². The number of nitrogens with one attached hydrogen (secondary N) is 1. The van der Waals surface area contributed by atoms with Crippen molar-refractivity contribution in [3.05, 3.63) is 33.9 Å². The van der Waals surface area contributed by atoms with Gasteiger partial charge in [-0.2, -0.15) is 0 Å². The average molecular weight is 277 g/mol. The lowest BCUT2D eigenvalue weighted by molar-refractivity contribution is -0.384. The molecule has 0 radical (unpaired) electrons. The van der Waals surface area contributed by atoms with Gasteiger partial charge in [0.1, 0.15) is 0 Å². The summed E-state index contributed by atoms with van der Waals surface area (Å²) >= 11 is 0. The second kappa shape index (κ2) is 6.70. The van der Waals surface area contributed by atoms with Gasteiger partial charge in [0.15, 0.2) is 0 Å². The van der Waals surface area contributed by atoms with Crippen LogP contribution in [0.4, 0.5) is 11.4 Å². The minimum absolute atomic E-state index is 0.159. The molecule has 1 fully saturated rings. The van der Waals surface area contributed by atoms with E-state index in [1.54, 1.807) is 12.1 Å². The first-order chi connectivity index (χ1) is 9.54. The molecule has 0 aromatic heterocycles. The Morgan fingerprint density at radius 1 is 1.35 bits per heavy atom. The maximum absolute atomic E-state index is 10.8. The molecule has 1 aliphatic heterocycles. The average Bonchev–Trinajstić information content (AvgIpc) is 2.40. The Morgan fingerprint density at radius 3 is 2.70 bits per heavy atom. The minimum Gasteiger partial charge on any atom is -0.385 e. The second-order valence-electron chi connectivity index (χ2n) is 5.78. The Bertz CT molecular complexity index is 468.